The van der Waals surface area contributed by atoms with Gasteiger partial charge in [-0.25, -0.2) is 4.79 Å². The van der Waals surface area contributed by atoms with Gasteiger partial charge in [0.1, 0.15) is 5.75 Å². The van der Waals surface area contributed by atoms with Crippen LogP contribution in [0, 0.1) is 0 Å². The zero-order valence-electron chi connectivity index (χ0n) is 13.5. The highest BCUT2D eigenvalue weighted by Gasteiger charge is 2.21. The van der Waals surface area contributed by atoms with Crippen LogP contribution in [-0.2, 0) is 4.74 Å². The number of anilines is 1. The van der Waals surface area contributed by atoms with E-state index >= 15 is 0 Å². The molecular formula is C16H25N3O3. The van der Waals surface area contributed by atoms with Gasteiger partial charge in [0.05, 0.1) is 25.0 Å². The van der Waals surface area contributed by atoms with E-state index in [1.165, 1.54) is 0 Å². The Labute approximate surface area is 131 Å². The Balaban J connectivity index is 1.74. The molecule has 6 nitrogen and oxygen atoms in total. The van der Waals surface area contributed by atoms with Gasteiger partial charge in [0, 0.05) is 26.2 Å². The van der Waals surface area contributed by atoms with Crippen LogP contribution in [0.1, 0.15) is 13.8 Å². The summed E-state index contributed by atoms with van der Waals surface area (Å²) in [5, 5.41) is 5.67. The van der Waals surface area contributed by atoms with E-state index in [0.717, 1.165) is 19.6 Å². The summed E-state index contributed by atoms with van der Waals surface area (Å²) in [6.45, 7) is 7.37. The summed E-state index contributed by atoms with van der Waals surface area (Å²) in [5.41, 5.74) is 0.663. The smallest absolute Gasteiger partial charge is 0.319 e. The molecule has 0 spiro atoms. The molecule has 0 aliphatic carbocycles. The van der Waals surface area contributed by atoms with Crippen LogP contribution < -0.4 is 15.4 Å². The molecule has 22 heavy (non-hydrogen) atoms. The predicted octanol–water partition coefficient (Wildman–Crippen LogP) is 1.93. The van der Waals surface area contributed by atoms with Crippen molar-refractivity contribution < 1.29 is 14.3 Å². The molecule has 2 rings (SSSR count). The van der Waals surface area contributed by atoms with Gasteiger partial charge in [-0.05, 0) is 26.0 Å². The van der Waals surface area contributed by atoms with Crippen LogP contribution >= 0.6 is 0 Å². The lowest BCUT2D eigenvalue weighted by molar-refractivity contribution is -0.0672. The number of morpholine rings is 1. The Hall–Kier alpha value is -1.79. The minimum absolute atomic E-state index is 0.223. The standard InChI is InChI=1S/C16H25N3O3/c1-12-10-19(11-13(2)22-12)9-8-17-16(20)18-14-6-4-5-7-15(14)21-3/h4-7,12-13H,8-11H2,1-3H3,(H2,17,18,20)/t12-,13-/m1/s1. The van der Waals surface area contributed by atoms with Crippen molar-refractivity contribution in [1.29, 1.82) is 0 Å². The highest BCUT2D eigenvalue weighted by atomic mass is 16.5. The van der Waals surface area contributed by atoms with Gasteiger partial charge in [-0.15, -0.1) is 0 Å². The number of hydrogen-bond acceptors (Lipinski definition) is 4. The number of methoxy groups -OCH3 is 1. The van der Waals surface area contributed by atoms with Gasteiger partial charge in [0.25, 0.3) is 0 Å². The molecule has 0 saturated carbocycles. The zero-order valence-corrected chi connectivity index (χ0v) is 13.5. The number of carbonyl (C=O) groups is 1. The van der Waals surface area contributed by atoms with Gasteiger partial charge in [0.15, 0.2) is 0 Å². The summed E-state index contributed by atoms with van der Waals surface area (Å²) in [6, 6.07) is 7.12. The molecule has 1 fully saturated rings. The lowest BCUT2D eigenvalue weighted by Crippen LogP contribution is -2.48. The second-order valence-corrected chi connectivity index (χ2v) is 5.60. The van der Waals surface area contributed by atoms with Gasteiger partial charge < -0.3 is 20.1 Å². The second-order valence-electron chi connectivity index (χ2n) is 5.60. The van der Waals surface area contributed by atoms with Crippen molar-refractivity contribution in [2.24, 2.45) is 0 Å². The molecule has 122 valence electrons. The van der Waals surface area contributed by atoms with E-state index in [-0.39, 0.29) is 18.2 Å². The lowest BCUT2D eigenvalue weighted by atomic mass is 10.2. The topological polar surface area (TPSA) is 62.8 Å². The molecule has 0 radical (unpaired) electrons. The largest absolute Gasteiger partial charge is 0.495 e. The van der Waals surface area contributed by atoms with Crippen LogP contribution in [0.3, 0.4) is 0 Å². The van der Waals surface area contributed by atoms with E-state index in [9.17, 15) is 4.79 Å². The van der Waals surface area contributed by atoms with E-state index in [1.54, 1.807) is 7.11 Å². The number of ether oxygens (including phenoxy) is 2. The fourth-order valence-corrected chi connectivity index (χ4v) is 2.71. The number of urea groups is 1. The molecule has 1 aliphatic heterocycles. The first-order valence-corrected chi connectivity index (χ1v) is 7.64. The summed E-state index contributed by atoms with van der Waals surface area (Å²) < 4.78 is 10.9. The fraction of sp³-hybridized carbons (Fsp3) is 0.562. The Morgan fingerprint density at radius 2 is 2.00 bits per heavy atom. The number of para-hydroxylation sites is 2. The van der Waals surface area contributed by atoms with Crippen LogP contribution in [0.25, 0.3) is 0 Å². The van der Waals surface area contributed by atoms with Gasteiger partial charge in [-0.2, -0.15) is 0 Å². The second kappa shape index (κ2) is 8.00. The average Bonchev–Trinajstić information content (AvgIpc) is 2.46. The maximum atomic E-state index is 11.9. The van der Waals surface area contributed by atoms with Gasteiger partial charge in [-0.3, -0.25) is 4.90 Å². The van der Waals surface area contributed by atoms with E-state index in [2.05, 4.69) is 29.4 Å². The van der Waals surface area contributed by atoms with Crippen molar-refractivity contribution in [3.8, 4) is 5.75 Å². The fourth-order valence-electron chi connectivity index (χ4n) is 2.71. The molecular weight excluding hydrogens is 282 g/mol. The Bertz CT molecular complexity index is 485. The van der Waals surface area contributed by atoms with E-state index < -0.39 is 0 Å². The molecule has 0 bridgehead atoms. The van der Waals surface area contributed by atoms with E-state index in [0.29, 0.717) is 18.0 Å². The molecule has 0 aromatic heterocycles. The van der Waals surface area contributed by atoms with Crippen LogP contribution in [0.4, 0.5) is 10.5 Å². The molecule has 6 heteroatoms. The minimum atomic E-state index is -0.223. The third-order valence-corrected chi connectivity index (χ3v) is 3.56. The average molecular weight is 307 g/mol. The summed E-state index contributed by atoms with van der Waals surface area (Å²) in [6.07, 6.45) is 0.484. The Morgan fingerprint density at radius 3 is 2.68 bits per heavy atom. The monoisotopic (exact) mass is 307 g/mol. The molecule has 2 atom stereocenters. The summed E-state index contributed by atoms with van der Waals surface area (Å²) in [5.74, 6) is 0.647. The van der Waals surface area contributed by atoms with Crippen molar-refractivity contribution in [1.82, 2.24) is 10.2 Å². The van der Waals surface area contributed by atoms with Crippen LogP contribution in [0.2, 0.25) is 0 Å². The van der Waals surface area contributed by atoms with Gasteiger partial charge >= 0.3 is 6.03 Å². The number of nitrogens with one attached hydrogen (secondary N) is 2. The van der Waals surface area contributed by atoms with Crippen LogP contribution in [0.15, 0.2) is 24.3 Å². The third kappa shape index (κ3) is 4.89. The van der Waals surface area contributed by atoms with Crippen molar-refractivity contribution >= 4 is 11.7 Å². The van der Waals surface area contributed by atoms with Crippen LogP contribution in [-0.4, -0.2) is 56.4 Å². The molecule has 1 aromatic rings. The van der Waals surface area contributed by atoms with Crippen molar-refractivity contribution in [2.75, 3.05) is 38.6 Å². The Kier molecular flexibility index (Phi) is 6.03. The molecule has 1 heterocycles. The van der Waals surface area contributed by atoms with Crippen molar-refractivity contribution in [3.63, 3.8) is 0 Å². The van der Waals surface area contributed by atoms with E-state index in [4.69, 9.17) is 9.47 Å². The predicted molar refractivity (Wildman–Crippen MR) is 86.5 cm³/mol. The Morgan fingerprint density at radius 1 is 1.32 bits per heavy atom. The highest BCUT2D eigenvalue weighted by molar-refractivity contribution is 5.90. The van der Waals surface area contributed by atoms with E-state index in [1.807, 2.05) is 24.3 Å². The van der Waals surface area contributed by atoms with Gasteiger partial charge in [-0.1, -0.05) is 12.1 Å². The zero-order chi connectivity index (χ0) is 15.9. The van der Waals surface area contributed by atoms with Gasteiger partial charge in [0.2, 0.25) is 0 Å². The lowest BCUT2D eigenvalue weighted by Gasteiger charge is -2.35. The number of rotatable bonds is 5. The normalized spacial score (nSPS) is 22.1. The maximum Gasteiger partial charge on any atom is 0.319 e. The van der Waals surface area contributed by atoms with Crippen molar-refractivity contribution in [3.05, 3.63) is 24.3 Å². The first-order valence-electron chi connectivity index (χ1n) is 7.64. The summed E-state index contributed by atoms with van der Waals surface area (Å²) in [4.78, 5) is 14.2. The number of benzene rings is 1. The van der Waals surface area contributed by atoms with Crippen molar-refractivity contribution in [2.45, 2.75) is 26.1 Å². The number of nitrogens with zero attached hydrogens (tertiary/aromatic N) is 1. The maximum absolute atomic E-state index is 11.9. The number of amides is 2. The summed E-state index contributed by atoms with van der Waals surface area (Å²) >= 11 is 0. The molecule has 1 saturated heterocycles. The molecule has 2 N–H and O–H groups in total. The third-order valence-electron chi connectivity index (χ3n) is 3.56. The highest BCUT2D eigenvalue weighted by Crippen LogP contribution is 2.22. The molecule has 1 aliphatic rings. The molecule has 2 amide bonds. The quantitative estimate of drug-likeness (QED) is 0.872. The van der Waals surface area contributed by atoms with Crippen LogP contribution in [0.5, 0.6) is 5.75 Å². The molecule has 1 aromatic carbocycles. The SMILES string of the molecule is COc1ccccc1NC(=O)NCCN1C[C@@H](C)O[C@H](C)C1. The number of hydrogen-bond donors (Lipinski definition) is 2. The molecule has 0 unspecified atom stereocenters. The minimum Gasteiger partial charge on any atom is -0.495 e. The number of carbonyl (C=O) groups excluding carboxylic acids is 1. The first-order chi connectivity index (χ1) is 10.6. The summed E-state index contributed by atoms with van der Waals surface area (Å²) in [7, 11) is 1.58. The first kappa shape index (κ1) is 16.6.